The van der Waals surface area contributed by atoms with Gasteiger partial charge in [0, 0.05) is 12.5 Å². The second-order valence-electron chi connectivity index (χ2n) is 8.34. The number of benzene rings is 1. The van der Waals surface area contributed by atoms with Gasteiger partial charge in [-0.05, 0) is 56.1 Å². The fourth-order valence-electron chi connectivity index (χ4n) is 3.70. The van der Waals surface area contributed by atoms with E-state index in [1.807, 2.05) is 6.92 Å². The van der Waals surface area contributed by atoms with Crippen molar-refractivity contribution in [2.75, 3.05) is 5.75 Å². The van der Waals surface area contributed by atoms with Gasteiger partial charge in [-0.15, -0.1) is 0 Å². The van der Waals surface area contributed by atoms with Crippen molar-refractivity contribution >= 4 is 15.7 Å². The van der Waals surface area contributed by atoms with Gasteiger partial charge in [-0.2, -0.15) is 0 Å². The highest BCUT2D eigenvalue weighted by Gasteiger charge is 2.32. The molecule has 0 spiro atoms. The lowest BCUT2D eigenvalue weighted by atomic mass is 9.69. The molecule has 0 unspecified atom stereocenters. The quantitative estimate of drug-likeness (QED) is 0.769. The molecule has 1 aliphatic carbocycles. The highest BCUT2D eigenvalue weighted by molar-refractivity contribution is 7.91. The third kappa shape index (κ3) is 5.57. The van der Waals surface area contributed by atoms with E-state index in [2.05, 4.69) is 26.1 Å². The Morgan fingerprint density at radius 3 is 2.23 bits per heavy atom. The second kappa shape index (κ2) is 8.55. The molecule has 1 aromatic rings. The first-order valence-electron chi connectivity index (χ1n) is 9.73. The maximum absolute atomic E-state index is 12.3. The van der Waals surface area contributed by atoms with Crippen LogP contribution in [0.2, 0.25) is 0 Å². The van der Waals surface area contributed by atoms with Crippen LogP contribution in [0.5, 0.6) is 0 Å². The van der Waals surface area contributed by atoms with E-state index < -0.39 is 9.84 Å². The first kappa shape index (κ1) is 20.9. The predicted octanol–water partition coefficient (Wildman–Crippen LogP) is 4.27. The van der Waals surface area contributed by atoms with Gasteiger partial charge in [-0.3, -0.25) is 4.79 Å². The van der Waals surface area contributed by atoms with Gasteiger partial charge in [0.15, 0.2) is 9.84 Å². The fraction of sp³-hybridized carbons (Fsp3) is 0.667. The Balaban J connectivity index is 1.80. The monoisotopic (exact) mass is 379 g/mol. The molecular weight excluding hydrogens is 346 g/mol. The first-order chi connectivity index (χ1) is 12.1. The molecular formula is C21H33NO3S. The Hall–Kier alpha value is -1.36. The van der Waals surface area contributed by atoms with E-state index in [0.29, 0.717) is 16.2 Å². The number of carbonyl (C=O) groups is 1. The summed E-state index contributed by atoms with van der Waals surface area (Å²) in [6, 6.07) is 6.97. The average molecular weight is 380 g/mol. The summed E-state index contributed by atoms with van der Waals surface area (Å²) in [7, 11) is -3.41. The smallest absolute Gasteiger partial charge is 0.221 e. The van der Waals surface area contributed by atoms with Crippen LogP contribution >= 0.6 is 0 Å². The number of carbonyl (C=O) groups excluding carboxylic acids is 1. The molecule has 1 saturated carbocycles. The number of sulfone groups is 1. The standard InChI is InChI=1S/C21H33NO3S/c1-5-21(3,4)17-8-10-18(11-9-17)22-20(23)14-15-26(24,25)19-12-6-16(2)7-13-19/h6-7,12-13,17-18H,5,8-11,14-15H2,1-4H3,(H,22,23). The summed E-state index contributed by atoms with van der Waals surface area (Å²) < 4.78 is 24.7. The van der Waals surface area contributed by atoms with Crippen LogP contribution in [0.3, 0.4) is 0 Å². The Morgan fingerprint density at radius 1 is 1.12 bits per heavy atom. The largest absolute Gasteiger partial charge is 0.353 e. The van der Waals surface area contributed by atoms with Crippen LogP contribution in [0.15, 0.2) is 29.2 Å². The molecule has 26 heavy (non-hydrogen) atoms. The van der Waals surface area contributed by atoms with Gasteiger partial charge in [0.05, 0.1) is 10.6 Å². The molecule has 2 rings (SSSR count). The summed E-state index contributed by atoms with van der Waals surface area (Å²) >= 11 is 0. The highest BCUT2D eigenvalue weighted by atomic mass is 32.2. The van der Waals surface area contributed by atoms with Crippen molar-refractivity contribution in [2.24, 2.45) is 11.3 Å². The molecule has 0 saturated heterocycles. The van der Waals surface area contributed by atoms with Crippen molar-refractivity contribution in [3.05, 3.63) is 29.8 Å². The van der Waals surface area contributed by atoms with Gasteiger partial charge in [0.25, 0.3) is 0 Å². The minimum atomic E-state index is -3.41. The molecule has 4 nitrogen and oxygen atoms in total. The summed E-state index contributed by atoms with van der Waals surface area (Å²) in [5.74, 6) is 0.418. The number of nitrogens with one attached hydrogen (secondary N) is 1. The minimum absolute atomic E-state index is 0.0244. The Labute approximate surface area is 158 Å². The molecule has 146 valence electrons. The van der Waals surface area contributed by atoms with Crippen molar-refractivity contribution in [1.82, 2.24) is 5.32 Å². The molecule has 1 aromatic carbocycles. The van der Waals surface area contributed by atoms with Gasteiger partial charge in [-0.25, -0.2) is 8.42 Å². The summed E-state index contributed by atoms with van der Waals surface area (Å²) in [5, 5.41) is 3.04. The Bertz CT molecular complexity index is 699. The van der Waals surface area contributed by atoms with Gasteiger partial charge in [0.2, 0.25) is 5.91 Å². The molecule has 0 radical (unpaired) electrons. The van der Waals surface area contributed by atoms with Crippen molar-refractivity contribution in [2.45, 2.75) is 77.2 Å². The molecule has 0 atom stereocenters. The van der Waals surface area contributed by atoms with E-state index in [1.165, 1.54) is 6.42 Å². The highest BCUT2D eigenvalue weighted by Crippen LogP contribution is 2.40. The summed E-state index contributed by atoms with van der Waals surface area (Å²) in [6.07, 6.45) is 5.44. The predicted molar refractivity (Wildman–Crippen MR) is 106 cm³/mol. The molecule has 5 heteroatoms. The van der Waals surface area contributed by atoms with Crippen molar-refractivity contribution < 1.29 is 13.2 Å². The normalized spacial score (nSPS) is 21.4. The van der Waals surface area contributed by atoms with Crippen LogP contribution in [-0.2, 0) is 14.6 Å². The molecule has 0 aliphatic heterocycles. The molecule has 1 aliphatic rings. The lowest BCUT2D eigenvalue weighted by molar-refractivity contribution is -0.121. The zero-order chi connectivity index (χ0) is 19.4. The van der Waals surface area contributed by atoms with Crippen molar-refractivity contribution in [3.63, 3.8) is 0 Å². The summed E-state index contributed by atoms with van der Waals surface area (Å²) in [4.78, 5) is 12.5. The molecule has 0 aromatic heterocycles. The van der Waals surface area contributed by atoms with Crippen LogP contribution < -0.4 is 5.32 Å². The molecule has 1 fully saturated rings. The van der Waals surface area contributed by atoms with E-state index in [1.54, 1.807) is 24.3 Å². The Morgan fingerprint density at radius 2 is 1.69 bits per heavy atom. The van der Waals surface area contributed by atoms with Gasteiger partial charge in [0.1, 0.15) is 0 Å². The number of aryl methyl sites for hydroxylation is 1. The number of hydrogen-bond donors (Lipinski definition) is 1. The zero-order valence-corrected chi connectivity index (χ0v) is 17.4. The van der Waals surface area contributed by atoms with Gasteiger partial charge < -0.3 is 5.32 Å². The minimum Gasteiger partial charge on any atom is -0.353 e. The lowest BCUT2D eigenvalue weighted by Gasteiger charge is -2.39. The fourth-order valence-corrected chi connectivity index (χ4v) is 4.94. The van der Waals surface area contributed by atoms with E-state index in [0.717, 1.165) is 31.2 Å². The van der Waals surface area contributed by atoms with Crippen LogP contribution in [0.4, 0.5) is 0 Å². The van der Waals surface area contributed by atoms with Crippen molar-refractivity contribution in [1.29, 1.82) is 0 Å². The van der Waals surface area contributed by atoms with E-state index >= 15 is 0 Å². The first-order valence-corrected chi connectivity index (χ1v) is 11.4. The van der Waals surface area contributed by atoms with Crippen LogP contribution in [0, 0.1) is 18.3 Å². The summed E-state index contributed by atoms with van der Waals surface area (Å²) in [6.45, 7) is 8.81. The van der Waals surface area contributed by atoms with Gasteiger partial charge in [-0.1, -0.05) is 44.9 Å². The third-order valence-corrected chi connectivity index (χ3v) is 7.82. The topological polar surface area (TPSA) is 63.2 Å². The van der Waals surface area contributed by atoms with E-state index in [-0.39, 0.29) is 24.1 Å². The maximum atomic E-state index is 12.3. The second-order valence-corrected chi connectivity index (χ2v) is 10.4. The number of amides is 1. The Kier molecular flexibility index (Phi) is 6.89. The SMILES string of the molecule is CCC(C)(C)C1CCC(NC(=O)CCS(=O)(=O)c2ccc(C)cc2)CC1. The number of hydrogen-bond acceptors (Lipinski definition) is 3. The third-order valence-electron chi connectivity index (χ3n) is 6.09. The van der Waals surface area contributed by atoms with Crippen LogP contribution in [0.25, 0.3) is 0 Å². The van der Waals surface area contributed by atoms with E-state index in [4.69, 9.17) is 0 Å². The molecule has 0 heterocycles. The van der Waals surface area contributed by atoms with Crippen LogP contribution in [-0.4, -0.2) is 26.1 Å². The molecule has 1 N–H and O–H groups in total. The van der Waals surface area contributed by atoms with Crippen molar-refractivity contribution in [3.8, 4) is 0 Å². The average Bonchev–Trinajstić information content (AvgIpc) is 2.61. The van der Waals surface area contributed by atoms with E-state index in [9.17, 15) is 13.2 Å². The summed E-state index contributed by atoms with van der Waals surface area (Å²) in [5.41, 5.74) is 1.38. The number of rotatable bonds is 7. The van der Waals surface area contributed by atoms with Crippen LogP contribution in [0.1, 0.15) is 64.9 Å². The zero-order valence-electron chi connectivity index (χ0n) is 16.5. The maximum Gasteiger partial charge on any atom is 0.221 e. The van der Waals surface area contributed by atoms with Gasteiger partial charge >= 0.3 is 0 Å². The molecule has 1 amide bonds. The molecule has 0 bridgehead atoms. The lowest BCUT2D eigenvalue weighted by Crippen LogP contribution is -2.40.